The van der Waals surface area contributed by atoms with Gasteiger partial charge in [0.2, 0.25) is 0 Å². The first kappa shape index (κ1) is 18.1. The van der Waals surface area contributed by atoms with Crippen LogP contribution in [-0.4, -0.2) is 58.1 Å². The molecule has 6 nitrogen and oxygen atoms in total. The van der Waals surface area contributed by atoms with E-state index >= 15 is 0 Å². The number of piperazine rings is 1. The molecule has 0 saturated carbocycles. The first-order valence-corrected chi connectivity index (χ1v) is 8.60. The van der Waals surface area contributed by atoms with Crippen LogP contribution in [0.3, 0.4) is 0 Å². The van der Waals surface area contributed by atoms with Crippen molar-refractivity contribution in [3.05, 3.63) is 70.8 Å². The van der Waals surface area contributed by atoms with Gasteiger partial charge in [0.25, 0.3) is 0 Å². The van der Waals surface area contributed by atoms with Crippen LogP contribution in [-0.2, 0) is 13.1 Å². The van der Waals surface area contributed by atoms with E-state index in [4.69, 9.17) is 10.2 Å². The molecule has 1 aliphatic rings. The molecule has 2 aromatic carbocycles. The third kappa shape index (κ3) is 4.68. The summed E-state index contributed by atoms with van der Waals surface area (Å²) in [6.07, 6.45) is 0. The molecule has 1 aliphatic heterocycles. The zero-order valence-electron chi connectivity index (χ0n) is 14.5. The highest BCUT2D eigenvalue weighted by Gasteiger charge is 2.18. The molecule has 1 heterocycles. The molecule has 2 N–H and O–H groups in total. The lowest BCUT2D eigenvalue weighted by Crippen LogP contribution is -2.45. The topological polar surface area (TPSA) is 81.1 Å². The lowest BCUT2D eigenvalue weighted by molar-refractivity contribution is 0.0685. The third-order valence-electron chi connectivity index (χ3n) is 4.63. The molecule has 0 radical (unpaired) electrons. The summed E-state index contributed by atoms with van der Waals surface area (Å²) < 4.78 is 0. The highest BCUT2D eigenvalue weighted by molar-refractivity contribution is 5.88. The molecule has 3 rings (SSSR count). The third-order valence-corrected chi connectivity index (χ3v) is 4.63. The van der Waals surface area contributed by atoms with Crippen molar-refractivity contribution in [1.82, 2.24) is 9.80 Å². The summed E-state index contributed by atoms with van der Waals surface area (Å²) in [6, 6.07) is 14.1. The average Bonchev–Trinajstić information content (AvgIpc) is 2.64. The fraction of sp³-hybridized carbons (Fsp3) is 0.300. The van der Waals surface area contributed by atoms with Gasteiger partial charge in [-0.1, -0.05) is 24.3 Å². The Morgan fingerprint density at radius 3 is 1.46 bits per heavy atom. The lowest BCUT2D eigenvalue weighted by atomic mass is 10.1. The van der Waals surface area contributed by atoms with E-state index in [0.29, 0.717) is 11.1 Å². The van der Waals surface area contributed by atoms with Gasteiger partial charge in [-0.15, -0.1) is 0 Å². The van der Waals surface area contributed by atoms with Crippen LogP contribution in [0.15, 0.2) is 48.5 Å². The first-order valence-electron chi connectivity index (χ1n) is 8.60. The van der Waals surface area contributed by atoms with Crippen LogP contribution in [0.5, 0.6) is 0 Å². The molecule has 2 aromatic rings. The van der Waals surface area contributed by atoms with E-state index < -0.39 is 11.9 Å². The van der Waals surface area contributed by atoms with Crippen LogP contribution in [0.25, 0.3) is 0 Å². The Morgan fingerprint density at radius 2 is 1.12 bits per heavy atom. The van der Waals surface area contributed by atoms with Gasteiger partial charge in [0, 0.05) is 39.3 Å². The van der Waals surface area contributed by atoms with Gasteiger partial charge in [-0.25, -0.2) is 9.59 Å². The Bertz CT molecular complexity index is 730. The fourth-order valence-electron chi connectivity index (χ4n) is 3.23. The second kappa shape index (κ2) is 8.12. The first-order chi connectivity index (χ1) is 12.5. The molecule has 0 bridgehead atoms. The Balaban J connectivity index is 1.53. The molecule has 136 valence electrons. The highest BCUT2D eigenvalue weighted by Crippen LogP contribution is 2.14. The minimum atomic E-state index is -0.903. The largest absolute Gasteiger partial charge is 0.478 e. The van der Waals surface area contributed by atoms with Crippen LogP contribution in [0.1, 0.15) is 31.8 Å². The zero-order chi connectivity index (χ0) is 18.5. The predicted molar refractivity (Wildman–Crippen MR) is 97.4 cm³/mol. The van der Waals surface area contributed by atoms with Crippen molar-refractivity contribution in [2.75, 3.05) is 26.2 Å². The number of benzene rings is 2. The zero-order valence-corrected chi connectivity index (χ0v) is 14.5. The minimum absolute atomic E-state index is 0.319. The van der Waals surface area contributed by atoms with Crippen LogP contribution < -0.4 is 0 Å². The predicted octanol–water partition coefficient (Wildman–Crippen LogP) is 2.40. The van der Waals surface area contributed by atoms with Crippen LogP contribution in [0.4, 0.5) is 0 Å². The maximum absolute atomic E-state index is 11.1. The number of nitrogens with zero attached hydrogens (tertiary/aromatic N) is 2. The van der Waals surface area contributed by atoms with Gasteiger partial charge in [0.05, 0.1) is 11.1 Å². The second-order valence-electron chi connectivity index (χ2n) is 6.56. The molecule has 0 unspecified atom stereocenters. The van der Waals surface area contributed by atoms with Crippen LogP contribution >= 0.6 is 0 Å². The lowest BCUT2D eigenvalue weighted by Gasteiger charge is -2.34. The Morgan fingerprint density at radius 1 is 0.731 bits per heavy atom. The van der Waals surface area contributed by atoms with E-state index in [1.165, 1.54) is 0 Å². The fourth-order valence-corrected chi connectivity index (χ4v) is 3.23. The molecule has 26 heavy (non-hydrogen) atoms. The maximum Gasteiger partial charge on any atom is 0.335 e. The monoisotopic (exact) mass is 354 g/mol. The number of rotatable bonds is 6. The Kier molecular flexibility index (Phi) is 5.65. The standard InChI is InChI=1S/C20H22N2O4/c23-19(24)17-5-1-3-15(11-17)13-21-7-9-22(10-8-21)14-16-4-2-6-18(12-16)20(25)26/h1-6,11-12H,7-10,13-14H2,(H,23,24)(H,25,26). The number of carbonyl (C=O) groups is 2. The summed E-state index contributed by atoms with van der Waals surface area (Å²) in [7, 11) is 0. The molecule has 1 fully saturated rings. The molecule has 0 aromatic heterocycles. The normalized spacial score (nSPS) is 15.7. The van der Waals surface area contributed by atoms with E-state index in [2.05, 4.69) is 9.80 Å². The van der Waals surface area contributed by atoms with Crippen LogP contribution in [0, 0.1) is 0 Å². The number of aromatic carboxylic acids is 2. The number of hydrogen-bond donors (Lipinski definition) is 2. The summed E-state index contributed by atoms with van der Waals surface area (Å²) in [6.45, 7) is 5.07. The van der Waals surface area contributed by atoms with Gasteiger partial charge in [0.1, 0.15) is 0 Å². The Labute approximate surface area is 152 Å². The molecular weight excluding hydrogens is 332 g/mol. The SMILES string of the molecule is O=C(O)c1cccc(CN2CCN(Cc3cccc(C(=O)O)c3)CC2)c1. The summed E-state index contributed by atoms with van der Waals surface area (Å²) in [5.74, 6) is -1.81. The van der Waals surface area contributed by atoms with Gasteiger partial charge in [0.15, 0.2) is 0 Å². The van der Waals surface area contributed by atoms with E-state index in [1.807, 2.05) is 12.1 Å². The molecule has 6 heteroatoms. The van der Waals surface area contributed by atoms with E-state index in [1.54, 1.807) is 36.4 Å². The second-order valence-corrected chi connectivity index (χ2v) is 6.56. The van der Waals surface area contributed by atoms with E-state index in [-0.39, 0.29) is 0 Å². The summed E-state index contributed by atoms with van der Waals surface area (Å²) in [4.78, 5) is 26.8. The van der Waals surface area contributed by atoms with Crippen molar-refractivity contribution in [2.45, 2.75) is 13.1 Å². The van der Waals surface area contributed by atoms with Crippen molar-refractivity contribution in [2.24, 2.45) is 0 Å². The van der Waals surface area contributed by atoms with E-state index in [0.717, 1.165) is 50.4 Å². The maximum atomic E-state index is 11.1. The molecular formula is C20H22N2O4. The van der Waals surface area contributed by atoms with Crippen molar-refractivity contribution >= 4 is 11.9 Å². The van der Waals surface area contributed by atoms with Gasteiger partial charge in [-0.05, 0) is 35.4 Å². The summed E-state index contributed by atoms with van der Waals surface area (Å²) in [5, 5.41) is 18.2. The van der Waals surface area contributed by atoms with Crippen molar-refractivity contribution in [3.63, 3.8) is 0 Å². The molecule has 0 amide bonds. The molecule has 0 atom stereocenters. The quantitative estimate of drug-likeness (QED) is 0.829. The van der Waals surface area contributed by atoms with Crippen LogP contribution in [0.2, 0.25) is 0 Å². The van der Waals surface area contributed by atoms with Gasteiger partial charge >= 0.3 is 11.9 Å². The van der Waals surface area contributed by atoms with E-state index in [9.17, 15) is 9.59 Å². The molecule has 0 spiro atoms. The molecule has 1 saturated heterocycles. The number of carboxylic acid groups (broad SMARTS) is 2. The minimum Gasteiger partial charge on any atom is -0.478 e. The van der Waals surface area contributed by atoms with Gasteiger partial charge in [-0.2, -0.15) is 0 Å². The van der Waals surface area contributed by atoms with Gasteiger partial charge in [-0.3, -0.25) is 9.80 Å². The average molecular weight is 354 g/mol. The number of hydrogen-bond acceptors (Lipinski definition) is 4. The van der Waals surface area contributed by atoms with Crippen molar-refractivity contribution in [3.8, 4) is 0 Å². The van der Waals surface area contributed by atoms with Gasteiger partial charge < -0.3 is 10.2 Å². The Hall–Kier alpha value is -2.70. The van der Waals surface area contributed by atoms with Crippen molar-refractivity contribution < 1.29 is 19.8 Å². The smallest absolute Gasteiger partial charge is 0.335 e. The van der Waals surface area contributed by atoms with Crippen molar-refractivity contribution in [1.29, 1.82) is 0 Å². The summed E-state index contributed by atoms with van der Waals surface area (Å²) in [5.41, 5.74) is 2.65. The molecule has 0 aliphatic carbocycles. The number of carboxylic acids is 2. The summed E-state index contributed by atoms with van der Waals surface area (Å²) >= 11 is 0. The highest BCUT2D eigenvalue weighted by atomic mass is 16.4.